The number of pyridine rings is 1. The normalized spacial score (nSPS) is 9.64. The summed E-state index contributed by atoms with van der Waals surface area (Å²) < 4.78 is 0. The molecule has 1 nitrogen and oxygen atoms in total. The minimum Gasteiger partial charge on any atom is -0.264 e. The van der Waals surface area contributed by atoms with Crippen LogP contribution in [-0.2, 0) is 6.42 Å². The van der Waals surface area contributed by atoms with Gasteiger partial charge in [0.2, 0.25) is 0 Å². The molecule has 1 heterocycles. The molecular formula is C10H13N. The first-order valence-corrected chi connectivity index (χ1v) is 3.85. The van der Waals surface area contributed by atoms with E-state index in [9.17, 15) is 0 Å². The monoisotopic (exact) mass is 147 g/mol. The van der Waals surface area contributed by atoms with Gasteiger partial charge in [-0.25, -0.2) is 0 Å². The highest BCUT2D eigenvalue weighted by molar-refractivity contribution is 5.54. The van der Waals surface area contributed by atoms with E-state index < -0.39 is 0 Å². The summed E-state index contributed by atoms with van der Waals surface area (Å²) in [4.78, 5) is 4.12. The summed E-state index contributed by atoms with van der Waals surface area (Å²) in [5.74, 6) is 0. The third kappa shape index (κ3) is 1.48. The maximum Gasteiger partial charge on any atom is 0.0305 e. The second-order valence-electron chi connectivity index (χ2n) is 2.59. The minimum atomic E-state index is 1.02. The van der Waals surface area contributed by atoms with E-state index in [-0.39, 0.29) is 0 Å². The van der Waals surface area contributed by atoms with E-state index in [4.69, 9.17) is 0 Å². The molecule has 1 aromatic rings. The molecule has 0 saturated carbocycles. The van der Waals surface area contributed by atoms with Gasteiger partial charge in [-0.3, -0.25) is 4.98 Å². The van der Waals surface area contributed by atoms with Crippen molar-refractivity contribution in [3.8, 4) is 0 Å². The number of nitrogens with zero attached hydrogens (tertiary/aromatic N) is 1. The second-order valence-corrected chi connectivity index (χ2v) is 2.59. The molecule has 0 spiro atoms. The summed E-state index contributed by atoms with van der Waals surface area (Å²) in [6.45, 7) is 7.96. The standard InChI is InChI=1S/C10H13N/c1-4-9-7-11-6-8(3)10(9)5-2/h5-7H,2,4H2,1,3H3. The molecule has 11 heavy (non-hydrogen) atoms. The lowest BCUT2D eigenvalue weighted by atomic mass is 10.0. The van der Waals surface area contributed by atoms with Crippen molar-refractivity contribution in [3.05, 3.63) is 35.7 Å². The molecule has 0 fully saturated rings. The van der Waals surface area contributed by atoms with E-state index in [1.165, 1.54) is 16.7 Å². The molecule has 58 valence electrons. The molecule has 0 saturated heterocycles. The fraction of sp³-hybridized carbons (Fsp3) is 0.300. The van der Waals surface area contributed by atoms with Crippen LogP contribution in [0.2, 0.25) is 0 Å². The average Bonchev–Trinajstić information content (AvgIpc) is 2.04. The molecule has 0 aliphatic heterocycles. The van der Waals surface area contributed by atoms with Crippen molar-refractivity contribution in [2.24, 2.45) is 0 Å². The smallest absolute Gasteiger partial charge is 0.0305 e. The van der Waals surface area contributed by atoms with Crippen molar-refractivity contribution in [1.29, 1.82) is 0 Å². The topological polar surface area (TPSA) is 12.9 Å². The van der Waals surface area contributed by atoms with Crippen molar-refractivity contribution in [1.82, 2.24) is 4.98 Å². The van der Waals surface area contributed by atoms with E-state index in [0.717, 1.165) is 6.42 Å². The van der Waals surface area contributed by atoms with Crippen LogP contribution >= 0.6 is 0 Å². The second kappa shape index (κ2) is 3.33. The quantitative estimate of drug-likeness (QED) is 0.626. The van der Waals surface area contributed by atoms with Gasteiger partial charge in [-0.05, 0) is 30.0 Å². The Labute approximate surface area is 67.8 Å². The van der Waals surface area contributed by atoms with Gasteiger partial charge in [0.05, 0.1) is 0 Å². The Morgan fingerprint density at radius 1 is 1.55 bits per heavy atom. The van der Waals surface area contributed by atoms with Crippen LogP contribution < -0.4 is 0 Å². The zero-order valence-corrected chi connectivity index (χ0v) is 7.09. The van der Waals surface area contributed by atoms with Crippen LogP contribution in [-0.4, -0.2) is 4.98 Å². The molecule has 0 N–H and O–H groups in total. The Bertz CT molecular complexity index is 264. The first-order valence-electron chi connectivity index (χ1n) is 3.85. The predicted octanol–water partition coefficient (Wildman–Crippen LogP) is 2.60. The molecule has 0 aromatic carbocycles. The molecule has 1 rings (SSSR count). The van der Waals surface area contributed by atoms with Gasteiger partial charge in [0.15, 0.2) is 0 Å². The first-order chi connectivity index (χ1) is 5.29. The molecule has 0 amide bonds. The van der Waals surface area contributed by atoms with Crippen LogP contribution in [0.4, 0.5) is 0 Å². The lowest BCUT2D eigenvalue weighted by Crippen LogP contribution is -1.91. The van der Waals surface area contributed by atoms with Crippen LogP contribution in [0, 0.1) is 6.92 Å². The Balaban J connectivity index is 3.24. The number of aromatic nitrogens is 1. The molecule has 0 aliphatic rings. The van der Waals surface area contributed by atoms with E-state index in [0.29, 0.717) is 0 Å². The molecule has 0 aliphatic carbocycles. The first kappa shape index (κ1) is 7.99. The van der Waals surface area contributed by atoms with Gasteiger partial charge in [0.1, 0.15) is 0 Å². The highest BCUT2D eigenvalue weighted by Gasteiger charge is 1.98. The summed E-state index contributed by atoms with van der Waals surface area (Å²) in [6.07, 6.45) is 6.70. The Morgan fingerprint density at radius 2 is 2.27 bits per heavy atom. The molecule has 0 radical (unpaired) electrons. The van der Waals surface area contributed by atoms with Crippen molar-refractivity contribution >= 4 is 6.08 Å². The van der Waals surface area contributed by atoms with Crippen molar-refractivity contribution in [2.75, 3.05) is 0 Å². The summed E-state index contributed by atoms with van der Waals surface area (Å²) in [7, 11) is 0. The number of hydrogen-bond acceptors (Lipinski definition) is 1. The Kier molecular flexibility index (Phi) is 2.42. The van der Waals surface area contributed by atoms with Crippen molar-refractivity contribution in [2.45, 2.75) is 20.3 Å². The molecular weight excluding hydrogens is 134 g/mol. The van der Waals surface area contributed by atoms with Crippen LogP contribution in [0.25, 0.3) is 6.08 Å². The summed E-state index contributed by atoms with van der Waals surface area (Å²) in [5, 5.41) is 0. The fourth-order valence-corrected chi connectivity index (χ4v) is 1.21. The van der Waals surface area contributed by atoms with Gasteiger partial charge in [-0.15, -0.1) is 0 Å². The van der Waals surface area contributed by atoms with Gasteiger partial charge in [-0.2, -0.15) is 0 Å². The number of rotatable bonds is 2. The van der Waals surface area contributed by atoms with E-state index in [2.05, 4.69) is 25.4 Å². The van der Waals surface area contributed by atoms with E-state index in [1.54, 1.807) is 0 Å². The zero-order chi connectivity index (χ0) is 8.27. The Morgan fingerprint density at radius 3 is 2.73 bits per heavy atom. The van der Waals surface area contributed by atoms with Crippen molar-refractivity contribution < 1.29 is 0 Å². The van der Waals surface area contributed by atoms with Gasteiger partial charge in [0.25, 0.3) is 0 Å². The maximum atomic E-state index is 4.12. The third-order valence-corrected chi connectivity index (χ3v) is 1.85. The average molecular weight is 147 g/mol. The number of aryl methyl sites for hydroxylation is 2. The zero-order valence-electron chi connectivity index (χ0n) is 7.09. The van der Waals surface area contributed by atoms with Gasteiger partial charge < -0.3 is 0 Å². The molecule has 0 atom stereocenters. The van der Waals surface area contributed by atoms with Crippen LogP contribution in [0.3, 0.4) is 0 Å². The van der Waals surface area contributed by atoms with E-state index in [1.807, 2.05) is 18.5 Å². The minimum absolute atomic E-state index is 1.02. The molecule has 0 bridgehead atoms. The largest absolute Gasteiger partial charge is 0.264 e. The van der Waals surface area contributed by atoms with Crippen LogP contribution in [0.5, 0.6) is 0 Å². The number of hydrogen-bond donors (Lipinski definition) is 0. The SMILES string of the molecule is C=Cc1c(C)cncc1CC. The Hall–Kier alpha value is -1.11. The lowest BCUT2D eigenvalue weighted by molar-refractivity contribution is 1.08. The van der Waals surface area contributed by atoms with Gasteiger partial charge >= 0.3 is 0 Å². The van der Waals surface area contributed by atoms with Crippen LogP contribution in [0.15, 0.2) is 19.0 Å². The summed E-state index contributed by atoms with van der Waals surface area (Å²) in [5.41, 5.74) is 3.72. The van der Waals surface area contributed by atoms with Gasteiger partial charge in [-0.1, -0.05) is 19.6 Å². The summed E-state index contributed by atoms with van der Waals surface area (Å²) in [6, 6.07) is 0. The predicted molar refractivity (Wildman–Crippen MR) is 48.4 cm³/mol. The molecule has 0 unspecified atom stereocenters. The third-order valence-electron chi connectivity index (χ3n) is 1.85. The lowest BCUT2D eigenvalue weighted by Gasteiger charge is -2.04. The highest BCUT2D eigenvalue weighted by atomic mass is 14.6. The maximum absolute atomic E-state index is 4.12. The molecule has 1 heteroatoms. The van der Waals surface area contributed by atoms with E-state index >= 15 is 0 Å². The highest BCUT2D eigenvalue weighted by Crippen LogP contribution is 2.13. The van der Waals surface area contributed by atoms with Gasteiger partial charge in [0, 0.05) is 12.4 Å². The fourth-order valence-electron chi connectivity index (χ4n) is 1.21. The van der Waals surface area contributed by atoms with Crippen LogP contribution in [0.1, 0.15) is 23.6 Å². The van der Waals surface area contributed by atoms with Crippen molar-refractivity contribution in [3.63, 3.8) is 0 Å². The molecule has 1 aromatic heterocycles. The summed E-state index contributed by atoms with van der Waals surface area (Å²) >= 11 is 0.